The minimum absolute atomic E-state index is 0.211. The molecule has 120 valence electrons. The van der Waals surface area contributed by atoms with Gasteiger partial charge in [-0.25, -0.2) is 4.98 Å². The second-order valence-electron chi connectivity index (χ2n) is 5.46. The van der Waals surface area contributed by atoms with E-state index in [4.69, 9.17) is 16.0 Å². The van der Waals surface area contributed by atoms with E-state index in [1.165, 1.54) is 5.56 Å². The molecule has 3 rings (SSSR count). The molecule has 1 heterocycles. The van der Waals surface area contributed by atoms with Gasteiger partial charge in [-0.2, -0.15) is 0 Å². The molecule has 0 saturated carbocycles. The van der Waals surface area contributed by atoms with Crippen molar-refractivity contribution in [1.82, 2.24) is 4.98 Å². The summed E-state index contributed by atoms with van der Waals surface area (Å²) in [7, 11) is 0. The summed E-state index contributed by atoms with van der Waals surface area (Å²) in [4.78, 5) is 4.54. The van der Waals surface area contributed by atoms with Gasteiger partial charge < -0.3 is 14.8 Å². The predicted octanol–water partition coefficient (Wildman–Crippen LogP) is 3.62. The van der Waals surface area contributed by atoms with Crippen molar-refractivity contribution in [2.45, 2.75) is 18.9 Å². The molecule has 0 amide bonds. The number of fused-ring (bicyclic) bond motifs is 1. The van der Waals surface area contributed by atoms with Crippen LogP contribution in [0, 0.1) is 0 Å². The summed E-state index contributed by atoms with van der Waals surface area (Å²) in [5.41, 5.74) is 3.76. The van der Waals surface area contributed by atoms with Gasteiger partial charge in [0.1, 0.15) is 5.52 Å². The largest absolute Gasteiger partial charge is 0.441 e. The summed E-state index contributed by atoms with van der Waals surface area (Å²) in [6.45, 7) is 0.410. The molecule has 1 unspecified atom stereocenters. The topological polar surface area (TPSA) is 58.3 Å². The highest BCUT2D eigenvalue weighted by Crippen LogP contribution is 2.21. The number of hydrogen-bond donors (Lipinski definition) is 2. The summed E-state index contributed by atoms with van der Waals surface area (Å²) >= 11 is 5.58. The SMILES string of the molecule is OC(CCl)CNc1ccc2oc(CCc3ccccc3)nc2c1. The molecule has 0 aliphatic heterocycles. The molecule has 2 aromatic carbocycles. The minimum atomic E-state index is -0.564. The van der Waals surface area contributed by atoms with Crippen molar-refractivity contribution >= 4 is 28.4 Å². The van der Waals surface area contributed by atoms with Crippen molar-refractivity contribution in [3.63, 3.8) is 0 Å². The second kappa shape index (κ2) is 7.49. The van der Waals surface area contributed by atoms with Gasteiger partial charge in [0.15, 0.2) is 11.5 Å². The lowest BCUT2D eigenvalue weighted by molar-refractivity contribution is 0.211. The van der Waals surface area contributed by atoms with Crippen LogP contribution in [0.2, 0.25) is 0 Å². The number of anilines is 1. The van der Waals surface area contributed by atoms with Crippen LogP contribution in [0.5, 0.6) is 0 Å². The van der Waals surface area contributed by atoms with Gasteiger partial charge in [0.25, 0.3) is 0 Å². The lowest BCUT2D eigenvalue weighted by atomic mass is 10.1. The zero-order chi connectivity index (χ0) is 16.1. The molecule has 4 nitrogen and oxygen atoms in total. The maximum absolute atomic E-state index is 9.49. The van der Waals surface area contributed by atoms with Gasteiger partial charge in [-0.1, -0.05) is 30.3 Å². The van der Waals surface area contributed by atoms with E-state index in [1.807, 2.05) is 36.4 Å². The highest BCUT2D eigenvalue weighted by molar-refractivity contribution is 6.18. The summed E-state index contributed by atoms with van der Waals surface area (Å²) in [5, 5.41) is 12.6. The number of benzene rings is 2. The van der Waals surface area contributed by atoms with Gasteiger partial charge in [0.05, 0.1) is 12.0 Å². The number of alkyl halides is 1. The molecule has 1 aromatic heterocycles. The zero-order valence-corrected chi connectivity index (χ0v) is 13.5. The third-order valence-electron chi connectivity index (χ3n) is 3.62. The van der Waals surface area contributed by atoms with E-state index in [1.54, 1.807) is 0 Å². The van der Waals surface area contributed by atoms with Crippen molar-refractivity contribution in [3.05, 3.63) is 60.0 Å². The Kier molecular flexibility index (Phi) is 5.16. The highest BCUT2D eigenvalue weighted by Gasteiger charge is 2.08. The van der Waals surface area contributed by atoms with E-state index in [-0.39, 0.29) is 5.88 Å². The third-order valence-corrected chi connectivity index (χ3v) is 3.98. The lowest BCUT2D eigenvalue weighted by Crippen LogP contribution is -2.20. The monoisotopic (exact) mass is 330 g/mol. The molecule has 0 saturated heterocycles. The fourth-order valence-corrected chi connectivity index (χ4v) is 2.49. The van der Waals surface area contributed by atoms with Crippen LogP contribution in [0.4, 0.5) is 5.69 Å². The Balaban J connectivity index is 1.66. The molecular weight excluding hydrogens is 312 g/mol. The fourth-order valence-electron chi connectivity index (χ4n) is 2.38. The number of rotatable bonds is 7. The first kappa shape index (κ1) is 15.8. The van der Waals surface area contributed by atoms with E-state index in [0.29, 0.717) is 6.54 Å². The van der Waals surface area contributed by atoms with Crippen LogP contribution >= 0.6 is 11.6 Å². The second-order valence-corrected chi connectivity index (χ2v) is 5.77. The molecule has 0 spiro atoms. The third kappa shape index (κ3) is 4.24. The van der Waals surface area contributed by atoms with Gasteiger partial charge in [-0.05, 0) is 30.2 Å². The maximum atomic E-state index is 9.49. The van der Waals surface area contributed by atoms with Gasteiger partial charge in [0, 0.05) is 18.7 Å². The molecule has 1 atom stereocenters. The smallest absolute Gasteiger partial charge is 0.195 e. The molecule has 0 radical (unpaired) electrons. The minimum Gasteiger partial charge on any atom is -0.441 e. The highest BCUT2D eigenvalue weighted by atomic mass is 35.5. The number of aliphatic hydroxyl groups is 1. The number of aromatic nitrogens is 1. The van der Waals surface area contributed by atoms with Crippen molar-refractivity contribution in [2.24, 2.45) is 0 Å². The summed E-state index contributed by atoms with van der Waals surface area (Å²) in [6, 6.07) is 16.0. The standard InChI is InChI=1S/C18H19ClN2O2/c19-11-15(22)12-20-14-7-8-17-16(10-14)21-18(23-17)9-6-13-4-2-1-3-5-13/h1-5,7-8,10,15,20,22H,6,9,11-12H2. The van der Waals surface area contributed by atoms with Crippen LogP contribution in [-0.4, -0.2) is 28.6 Å². The number of nitrogens with zero attached hydrogens (tertiary/aromatic N) is 1. The predicted molar refractivity (Wildman–Crippen MR) is 93.1 cm³/mol. The zero-order valence-electron chi connectivity index (χ0n) is 12.7. The van der Waals surface area contributed by atoms with Crippen molar-refractivity contribution in [3.8, 4) is 0 Å². The molecule has 23 heavy (non-hydrogen) atoms. The Bertz CT molecular complexity index is 758. The van der Waals surface area contributed by atoms with Crippen LogP contribution in [-0.2, 0) is 12.8 Å². The van der Waals surface area contributed by atoms with Gasteiger partial charge in [0.2, 0.25) is 0 Å². The van der Waals surface area contributed by atoms with Crippen molar-refractivity contribution < 1.29 is 9.52 Å². The first-order valence-electron chi connectivity index (χ1n) is 7.66. The van der Waals surface area contributed by atoms with E-state index in [9.17, 15) is 5.11 Å². The number of oxazole rings is 1. The number of hydrogen-bond acceptors (Lipinski definition) is 4. The summed E-state index contributed by atoms with van der Waals surface area (Å²) in [6.07, 6.45) is 1.11. The molecule has 2 N–H and O–H groups in total. The van der Waals surface area contributed by atoms with Gasteiger partial charge in [-0.3, -0.25) is 0 Å². The Hall–Kier alpha value is -2.04. The molecular formula is C18H19ClN2O2. The van der Waals surface area contributed by atoms with Crippen LogP contribution in [0.25, 0.3) is 11.1 Å². The first-order chi connectivity index (χ1) is 11.2. The average Bonchev–Trinajstić information content (AvgIpc) is 3.01. The van der Waals surface area contributed by atoms with E-state index in [0.717, 1.165) is 35.5 Å². The van der Waals surface area contributed by atoms with Gasteiger partial charge in [-0.15, -0.1) is 11.6 Å². The Morgan fingerprint density at radius 2 is 1.96 bits per heavy atom. The maximum Gasteiger partial charge on any atom is 0.195 e. The Labute approximate surface area is 140 Å². The summed E-state index contributed by atoms with van der Waals surface area (Å²) < 4.78 is 5.78. The number of aliphatic hydroxyl groups excluding tert-OH is 1. The van der Waals surface area contributed by atoms with Crippen molar-refractivity contribution in [2.75, 3.05) is 17.7 Å². The molecule has 0 bridgehead atoms. The van der Waals surface area contributed by atoms with Crippen LogP contribution in [0.1, 0.15) is 11.5 Å². The number of nitrogens with one attached hydrogen (secondary N) is 1. The van der Waals surface area contributed by atoms with E-state index < -0.39 is 6.10 Å². The average molecular weight is 331 g/mol. The van der Waals surface area contributed by atoms with E-state index >= 15 is 0 Å². The van der Waals surface area contributed by atoms with Crippen molar-refractivity contribution in [1.29, 1.82) is 0 Å². The van der Waals surface area contributed by atoms with Crippen LogP contribution in [0.15, 0.2) is 52.9 Å². The molecule has 0 aliphatic carbocycles. The lowest BCUT2D eigenvalue weighted by Gasteiger charge is -2.09. The van der Waals surface area contributed by atoms with Crippen LogP contribution < -0.4 is 5.32 Å². The van der Waals surface area contributed by atoms with Crippen LogP contribution in [0.3, 0.4) is 0 Å². The fraction of sp³-hybridized carbons (Fsp3) is 0.278. The van der Waals surface area contributed by atoms with Gasteiger partial charge >= 0.3 is 0 Å². The molecule has 0 aliphatic rings. The summed E-state index contributed by atoms with van der Waals surface area (Å²) in [5.74, 6) is 0.949. The van der Waals surface area contributed by atoms with E-state index in [2.05, 4.69) is 22.4 Å². The quantitative estimate of drug-likeness (QED) is 0.650. The first-order valence-corrected chi connectivity index (χ1v) is 8.19. The molecule has 5 heteroatoms. The molecule has 0 fully saturated rings. The molecule has 3 aromatic rings. The number of aryl methyl sites for hydroxylation is 2. The Morgan fingerprint density at radius 3 is 2.74 bits per heavy atom. The Morgan fingerprint density at radius 1 is 1.13 bits per heavy atom. The number of halogens is 1. The normalized spacial score (nSPS) is 12.4.